The number of nitrogens with zero attached hydrogens (tertiary/aromatic N) is 2. The zero-order chi connectivity index (χ0) is 15.6. The molecule has 1 heterocycles. The molecule has 0 aliphatic carbocycles. The Morgan fingerprint density at radius 1 is 1.52 bits per heavy atom. The molecule has 2 rings (SSSR count). The van der Waals surface area contributed by atoms with Crippen molar-refractivity contribution < 1.29 is 23.1 Å². The number of nitriles is 1. The van der Waals surface area contributed by atoms with E-state index in [4.69, 9.17) is 26.7 Å². The lowest BCUT2D eigenvalue weighted by molar-refractivity contribution is -0.153. The zero-order valence-corrected chi connectivity index (χ0v) is 12.3. The number of sulfonamides is 1. The maximum absolute atomic E-state index is 12.5. The van der Waals surface area contributed by atoms with Crippen molar-refractivity contribution in [2.24, 2.45) is 0 Å². The van der Waals surface area contributed by atoms with E-state index in [1.807, 2.05) is 6.07 Å². The largest absolute Gasteiger partial charge is 0.479 e. The molecule has 1 aliphatic heterocycles. The Morgan fingerprint density at radius 2 is 2.24 bits per heavy atom. The number of halogens is 1. The van der Waals surface area contributed by atoms with Crippen molar-refractivity contribution in [1.29, 1.82) is 5.26 Å². The smallest absolute Gasteiger partial charge is 0.334 e. The molecule has 0 amide bonds. The van der Waals surface area contributed by atoms with Gasteiger partial charge in [-0.15, -0.1) is 0 Å². The summed E-state index contributed by atoms with van der Waals surface area (Å²) in [5.41, 5.74) is 0.240. The summed E-state index contributed by atoms with van der Waals surface area (Å²) < 4.78 is 31.0. The monoisotopic (exact) mass is 330 g/mol. The third kappa shape index (κ3) is 3.16. The van der Waals surface area contributed by atoms with Gasteiger partial charge < -0.3 is 9.84 Å². The van der Waals surface area contributed by atoms with Crippen molar-refractivity contribution in [2.45, 2.75) is 11.0 Å². The quantitative estimate of drug-likeness (QED) is 0.873. The Labute approximate surface area is 126 Å². The number of morpholine rings is 1. The fraction of sp³-hybridized carbons (Fsp3) is 0.333. The summed E-state index contributed by atoms with van der Waals surface area (Å²) in [5, 5.41) is 17.6. The van der Waals surface area contributed by atoms with Crippen LogP contribution in [-0.4, -0.2) is 49.6 Å². The Bertz CT molecular complexity index is 713. The summed E-state index contributed by atoms with van der Waals surface area (Å²) >= 11 is 5.91. The lowest BCUT2D eigenvalue weighted by Crippen LogP contribution is -2.48. The Morgan fingerprint density at radius 3 is 2.81 bits per heavy atom. The molecule has 1 aromatic rings. The first-order valence-corrected chi connectivity index (χ1v) is 7.72. The molecule has 0 radical (unpaired) electrons. The van der Waals surface area contributed by atoms with Gasteiger partial charge in [0.1, 0.15) is 4.90 Å². The lowest BCUT2D eigenvalue weighted by atomic mass is 10.2. The first-order valence-electron chi connectivity index (χ1n) is 5.90. The van der Waals surface area contributed by atoms with E-state index in [2.05, 4.69) is 0 Å². The average Bonchev–Trinajstić information content (AvgIpc) is 2.46. The highest BCUT2D eigenvalue weighted by Gasteiger charge is 2.34. The van der Waals surface area contributed by atoms with Crippen LogP contribution in [0, 0.1) is 11.3 Å². The molecule has 1 unspecified atom stereocenters. The fourth-order valence-corrected chi connectivity index (χ4v) is 3.86. The van der Waals surface area contributed by atoms with Gasteiger partial charge in [-0.2, -0.15) is 9.57 Å². The van der Waals surface area contributed by atoms with Gasteiger partial charge in [-0.05, 0) is 18.2 Å². The highest BCUT2D eigenvalue weighted by atomic mass is 35.5. The van der Waals surface area contributed by atoms with Crippen molar-refractivity contribution in [3.8, 4) is 6.07 Å². The Kier molecular flexibility index (Phi) is 4.49. The molecule has 0 spiro atoms. The van der Waals surface area contributed by atoms with E-state index in [1.165, 1.54) is 18.2 Å². The van der Waals surface area contributed by atoms with Crippen LogP contribution in [0.15, 0.2) is 23.1 Å². The second-order valence-corrected chi connectivity index (χ2v) is 6.63. The zero-order valence-electron chi connectivity index (χ0n) is 10.7. The standard InChI is InChI=1S/C12H11ClN2O5S/c13-9-5-8(6-14)1-2-11(9)21(18,19)15-3-4-20-10(7-15)12(16)17/h1-2,5,10H,3-4,7H2,(H,16,17). The van der Waals surface area contributed by atoms with Crippen LogP contribution in [-0.2, 0) is 19.6 Å². The van der Waals surface area contributed by atoms with Gasteiger partial charge in [0.25, 0.3) is 0 Å². The van der Waals surface area contributed by atoms with Gasteiger partial charge in [-0.25, -0.2) is 13.2 Å². The maximum atomic E-state index is 12.5. The average molecular weight is 331 g/mol. The van der Waals surface area contributed by atoms with Crippen molar-refractivity contribution >= 4 is 27.6 Å². The van der Waals surface area contributed by atoms with Crippen LogP contribution in [0.25, 0.3) is 0 Å². The molecule has 21 heavy (non-hydrogen) atoms. The third-order valence-electron chi connectivity index (χ3n) is 2.98. The number of benzene rings is 1. The first-order chi connectivity index (χ1) is 9.86. The normalized spacial score (nSPS) is 19.9. The molecular formula is C12H11ClN2O5S. The second-order valence-electron chi connectivity index (χ2n) is 4.32. The third-order valence-corrected chi connectivity index (χ3v) is 5.33. The van der Waals surface area contributed by atoms with Crippen LogP contribution < -0.4 is 0 Å². The molecule has 0 aromatic heterocycles. The maximum Gasteiger partial charge on any atom is 0.334 e. The molecule has 1 saturated heterocycles. The number of carbonyl (C=O) groups is 1. The molecule has 1 aromatic carbocycles. The van der Waals surface area contributed by atoms with Crippen molar-refractivity contribution in [3.63, 3.8) is 0 Å². The van der Waals surface area contributed by atoms with Gasteiger partial charge in [-0.1, -0.05) is 11.6 Å². The lowest BCUT2D eigenvalue weighted by Gasteiger charge is -2.30. The van der Waals surface area contributed by atoms with Crippen molar-refractivity contribution in [1.82, 2.24) is 4.31 Å². The molecular weight excluding hydrogens is 320 g/mol. The van der Waals surface area contributed by atoms with Gasteiger partial charge in [0.15, 0.2) is 6.10 Å². The van der Waals surface area contributed by atoms with Crippen molar-refractivity contribution in [3.05, 3.63) is 28.8 Å². The topological polar surface area (TPSA) is 108 Å². The molecule has 7 nitrogen and oxygen atoms in total. The summed E-state index contributed by atoms with van der Waals surface area (Å²) in [6.07, 6.45) is -1.20. The van der Waals surface area contributed by atoms with E-state index in [-0.39, 0.29) is 35.2 Å². The summed E-state index contributed by atoms with van der Waals surface area (Å²) in [7, 11) is -3.94. The summed E-state index contributed by atoms with van der Waals surface area (Å²) in [4.78, 5) is 10.7. The summed E-state index contributed by atoms with van der Waals surface area (Å²) in [6, 6.07) is 5.69. The van der Waals surface area contributed by atoms with Crippen LogP contribution in [0.4, 0.5) is 0 Å². The number of hydrogen-bond acceptors (Lipinski definition) is 5. The van der Waals surface area contributed by atoms with Gasteiger partial charge >= 0.3 is 5.97 Å². The molecule has 112 valence electrons. The van der Waals surface area contributed by atoms with Gasteiger partial charge in [0, 0.05) is 6.54 Å². The summed E-state index contributed by atoms with van der Waals surface area (Å²) in [5.74, 6) is -1.22. The number of rotatable bonds is 3. The van der Waals surface area contributed by atoms with Gasteiger partial charge in [0.2, 0.25) is 10.0 Å². The number of ether oxygens (including phenoxy) is 1. The van der Waals surface area contributed by atoms with E-state index in [0.29, 0.717) is 0 Å². The van der Waals surface area contributed by atoms with E-state index in [1.54, 1.807) is 0 Å². The molecule has 1 aliphatic rings. The highest BCUT2D eigenvalue weighted by Crippen LogP contribution is 2.26. The molecule has 9 heteroatoms. The van der Waals surface area contributed by atoms with Crippen LogP contribution >= 0.6 is 11.6 Å². The molecule has 1 N–H and O–H groups in total. The molecule has 0 saturated carbocycles. The van der Waals surface area contributed by atoms with Crippen LogP contribution in [0.3, 0.4) is 0 Å². The SMILES string of the molecule is N#Cc1ccc(S(=O)(=O)N2CCOC(C(=O)O)C2)c(Cl)c1. The number of carboxylic acid groups (broad SMARTS) is 1. The number of carboxylic acids is 1. The van der Waals surface area contributed by atoms with E-state index in [0.717, 1.165) is 4.31 Å². The predicted molar refractivity (Wildman–Crippen MR) is 72.3 cm³/mol. The molecule has 1 atom stereocenters. The minimum absolute atomic E-state index is 0.00983. The van der Waals surface area contributed by atoms with Crippen LogP contribution in [0.1, 0.15) is 5.56 Å². The summed E-state index contributed by atoms with van der Waals surface area (Å²) in [6.45, 7) is -0.249. The van der Waals surface area contributed by atoms with Crippen LogP contribution in [0.2, 0.25) is 5.02 Å². The van der Waals surface area contributed by atoms with E-state index in [9.17, 15) is 13.2 Å². The van der Waals surface area contributed by atoms with Crippen LogP contribution in [0.5, 0.6) is 0 Å². The van der Waals surface area contributed by atoms with Crippen molar-refractivity contribution in [2.75, 3.05) is 19.7 Å². The minimum atomic E-state index is -3.94. The highest BCUT2D eigenvalue weighted by molar-refractivity contribution is 7.89. The second kappa shape index (κ2) is 5.99. The Balaban J connectivity index is 2.34. The van der Waals surface area contributed by atoms with Gasteiger partial charge in [0.05, 0.1) is 29.8 Å². The molecule has 1 fully saturated rings. The Hall–Kier alpha value is -1.66. The minimum Gasteiger partial charge on any atom is -0.479 e. The van der Waals surface area contributed by atoms with E-state index < -0.39 is 22.1 Å². The molecule has 0 bridgehead atoms. The predicted octanol–water partition coefficient (Wildman–Crippen LogP) is 0.686. The fourth-order valence-electron chi connectivity index (χ4n) is 1.91. The van der Waals surface area contributed by atoms with E-state index >= 15 is 0 Å². The first kappa shape index (κ1) is 15.7. The van der Waals surface area contributed by atoms with Gasteiger partial charge in [-0.3, -0.25) is 0 Å². The number of aliphatic carboxylic acids is 1. The number of hydrogen-bond donors (Lipinski definition) is 1.